The van der Waals surface area contributed by atoms with Crippen LogP contribution in [0.1, 0.15) is 26.7 Å². The number of rotatable bonds is 3. The number of hydrogen-bond acceptors (Lipinski definition) is 2. The molecule has 0 amide bonds. The van der Waals surface area contributed by atoms with Crippen molar-refractivity contribution >= 4 is 23.0 Å². The van der Waals surface area contributed by atoms with Crippen LogP contribution in [0.4, 0.5) is 5.69 Å². The molecule has 1 aromatic rings. The van der Waals surface area contributed by atoms with Crippen LogP contribution in [0, 0.1) is 5.92 Å². The minimum absolute atomic E-state index is 0.659. The van der Waals surface area contributed by atoms with Crippen molar-refractivity contribution in [2.45, 2.75) is 26.7 Å². The second-order valence-electron chi connectivity index (χ2n) is 5.05. The van der Waals surface area contributed by atoms with E-state index in [4.69, 9.17) is 17.0 Å². The summed E-state index contributed by atoms with van der Waals surface area (Å²) in [4.78, 5) is 2.26. The number of anilines is 1. The highest BCUT2D eigenvalue weighted by Gasteiger charge is 2.19. The monoisotopic (exact) mass is 278 g/mol. The van der Waals surface area contributed by atoms with Crippen LogP contribution < -0.4 is 10.1 Å². The van der Waals surface area contributed by atoms with E-state index >= 15 is 0 Å². The molecule has 1 aliphatic heterocycles. The Morgan fingerprint density at radius 2 is 2.26 bits per heavy atom. The van der Waals surface area contributed by atoms with E-state index in [0.29, 0.717) is 6.61 Å². The molecule has 0 aliphatic carbocycles. The first kappa shape index (κ1) is 14.1. The third kappa shape index (κ3) is 3.83. The highest BCUT2D eigenvalue weighted by Crippen LogP contribution is 2.25. The summed E-state index contributed by atoms with van der Waals surface area (Å²) >= 11 is 5.51. The third-order valence-electron chi connectivity index (χ3n) is 3.37. The fourth-order valence-electron chi connectivity index (χ4n) is 2.42. The van der Waals surface area contributed by atoms with Gasteiger partial charge in [-0.05, 0) is 50.0 Å². The number of piperidine rings is 1. The molecule has 4 heteroatoms. The van der Waals surface area contributed by atoms with E-state index in [9.17, 15) is 0 Å². The number of likely N-dealkylation sites (tertiary alicyclic amines) is 1. The average Bonchev–Trinajstić information content (AvgIpc) is 2.41. The number of nitrogens with zero attached hydrogens (tertiary/aromatic N) is 1. The Balaban J connectivity index is 2.02. The molecule has 1 aliphatic rings. The molecule has 0 saturated carbocycles. The van der Waals surface area contributed by atoms with Crippen molar-refractivity contribution in [2.24, 2.45) is 5.92 Å². The normalized spacial score (nSPS) is 19.1. The quantitative estimate of drug-likeness (QED) is 0.855. The van der Waals surface area contributed by atoms with Crippen molar-refractivity contribution in [1.29, 1.82) is 0 Å². The summed E-state index contributed by atoms with van der Waals surface area (Å²) in [5.41, 5.74) is 0.951. The molecule has 1 atom stereocenters. The standard InChI is InChI=1S/C15H22N2OS/c1-3-18-14-9-5-4-8-13(14)16-15(19)17-10-6-7-12(2)11-17/h4-5,8-9,12H,3,6-7,10-11H2,1-2H3,(H,16,19). The van der Waals surface area contributed by atoms with Gasteiger partial charge in [-0.15, -0.1) is 0 Å². The van der Waals surface area contributed by atoms with E-state index in [1.807, 2.05) is 31.2 Å². The molecule has 1 saturated heterocycles. The van der Waals surface area contributed by atoms with E-state index in [0.717, 1.165) is 35.6 Å². The predicted molar refractivity (Wildman–Crippen MR) is 83.8 cm³/mol. The van der Waals surface area contributed by atoms with Crippen LogP contribution in [0.2, 0.25) is 0 Å². The first-order valence-electron chi connectivity index (χ1n) is 6.98. The fourth-order valence-corrected chi connectivity index (χ4v) is 2.70. The molecule has 1 heterocycles. The summed E-state index contributed by atoms with van der Waals surface area (Å²) in [6.07, 6.45) is 2.52. The van der Waals surface area contributed by atoms with Crippen molar-refractivity contribution < 1.29 is 4.74 Å². The molecule has 3 nitrogen and oxygen atoms in total. The molecule has 1 aromatic carbocycles. The maximum atomic E-state index is 5.61. The molecule has 0 aromatic heterocycles. The van der Waals surface area contributed by atoms with Crippen LogP contribution in [-0.2, 0) is 0 Å². The average molecular weight is 278 g/mol. The first-order chi connectivity index (χ1) is 9.20. The molecule has 2 rings (SSSR count). The van der Waals surface area contributed by atoms with Gasteiger partial charge in [0, 0.05) is 13.1 Å². The lowest BCUT2D eigenvalue weighted by Gasteiger charge is -2.33. The van der Waals surface area contributed by atoms with Gasteiger partial charge in [-0.25, -0.2) is 0 Å². The van der Waals surface area contributed by atoms with Gasteiger partial charge in [0.1, 0.15) is 5.75 Å². The molecule has 104 valence electrons. The van der Waals surface area contributed by atoms with E-state index in [2.05, 4.69) is 17.1 Å². The van der Waals surface area contributed by atoms with Gasteiger partial charge in [-0.1, -0.05) is 19.1 Å². The van der Waals surface area contributed by atoms with Crippen LogP contribution in [0.5, 0.6) is 5.75 Å². The molecular weight excluding hydrogens is 256 g/mol. The SMILES string of the molecule is CCOc1ccccc1NC(=S)N1CCCC(C)C1. The maximum absolute atomic E-state index is 5.61. The summed E-state index contributed by atoms with van der Waals surface area (Å²) in [6, 6.07) is 7.94. The van der Waals surface area contributed by atoms with Gasteiger partial charge >= 0.3 is 0 Å². The van der Waals surface area contributed by atoms with Crippen LogP contribution >= 0.6 is 12.2 Å². The zero-order valence-electron chi connectivity index (χ0n) is 11.7. The predicted octanol–water partition coefficient (Wildman–Crippen LogP) is 3.51. The molecule has 1 fully saturated rings. The highest BCUT2D eigenvalue weighted by molar-refractivity contribution is 7.80. The zero-order valence-corrected chi connectivity index (χ0v) is 12.5. The number of benzene rings is 1. The van der Waals surface area contributed by atoms with Crippen LogP contribution in [0.3, 0.4) is 0 Å². The van der Waals surface area contributed by atoms with E-state index < -0.39 is 0 Å². The van der Waals surface area contributed by atoms with Gasteiger partial charge in [0.15, 0.2) is 5.11 Å². The van der Waals surface area contributed by atoms with Gasteiger partial charge in [-0.3, -0.25) is 0 Å². The van der Waals surface area contributed by atoms with Gasteiger partial charge in [0.2, 0.25) is 0 Å². The fraction of sp³-hybridized carbons (Fsp3) is 0.533. The molecule has 1 unspecified atom stereocenters. The van der Waals surface area contributed by atoms with Crippen LogP contribution in [0.15, 0.2) is 24.3 Å². The van der Waals surface area contributed by atoms with E-state index in [1.165, 1.54) is 12.8 Å². The zero-order chi connectivity index (χ0) is 13.7. The Bertz CT molecular complexity index is 436. The largest absolute Gasteiger partial charge is 0.492 e. The van der Waals surface area contributed by atoms with E-state index in [1.54, 1.807) is 0 Å². The summed E-state index contributed by atoms with van der Waals surface area (Å²) in [7, 11) is 0. The van der Waals surface area contributed by atoms with Gasteiger partial charge < -0.3 is 15.0 Å². The minimum atomic E-state index is 0.659. The molecule has 0 spiro atoms. The summed E-state index contributed by atoms with van der Waals surface area (Å²) in [5.74, 6) is 1.58. The molecule has 0 radical (unpaired) electrons. The van der Waals surface area contributed by atoms with Crippen LogP contribution in [-0.4, -0.2) is 29.7 Å². The number of para-hydroxylation sites is 2. The number of ether oxygens (including phenoxy) is 1. The van der Waals surface area contributed by atoms with Gasteiger partial charge in [-0.2, -0.15) is 0 Å². The molecular formula is C15H22N2OS. The van der Waals surface area contributed by atoms with Crippen molar-refractivity contribution in [3.63, 3.8) is 0 Å². The molecule has 0 bridgehead atoms. The van der Waals surface area contributed by atoms with Gasteiger partial charge in [0.05, 0.1) is 12.3 Å². The van der Waals surface area contributed by atoms with Crippen molar-refractivity contribution in [3.8, 4) is 5.75 Å². The van der Waals surface area contributed by atoms with Gasteiger partial charge in [0.25, 0.3) is 0 Å². The lowest BCUT2D eigenvalue weighted by atomic mass is 10.0. The molecule has 1 N–H and O–H groups in total. The summed E-state index contributed by atoms with van der Waals surface area (Å²) < 4.78 is 5.61. The topological polar surface area (TPSA) is 24.5 Å². The smallest absolute Gasteiger partial charge is 0.173 e. The van der Waals surface area contributed by atoms with Crippen molar-refractivity contribution in [1.82, 2.24) is 4.90 Å². The maximum Gasteiger partial charge on any atom is 0.173 e. The first-order valence-corrected chi connectivity index (χ1v) is 7.39. The Hall–Kier alpha value is -1.29. The Labute approximate surface area is 120 Å². The van der Waals surface area contributed by atoms with Crippen molar-refractivity contribution in [3.05, 3.63) is 24.3 Å². The van der Waals surface area contributed by atoms with Crippen LogP contribution in [0.25, 0.3) is 0 Å². The highest BCUT2D eigenvalue weighted by atomic mass is 32.1. The lowest BCUT2D eigenvalue weighted by molar-refractivity contribution is 0.276. The summed E-state index contributed by atoms with van der Waals surface area (Å²) in [5, 5.41) is 4.12. The summed E-state index contributed by atoms with van der Waals surface area (Å²) in [6.45, 7) is 7.02. The minimum Gasteiger partial charge on any atom is -0.492 e. The Morgan fingerprint density at radius 3 is 3.00 bits per heavy atom. The number of hydrogen-bond donors (Lipinski definition) is 1. The number of nitrogens with one attached hydrogen (secondary N) is 1. The number of thiocarbonyl (C=S) groups is 1. The Morgan fingerprint density at radius 1 is 1.47 bits per heavy atom. The Kier molecular flexibility index (Phi) is 5.02. The van der Waals surface area contributed by atoms with E-state index in [-0.39, 0.29) is 0 Å². The lowest BCUT2D eigenvalue weighted by Crippen LogP contribution is -2.41. The second kappa shape index (κ2) is 6.75. The second-order valence-corrected chi connectivity index (χ2v) is 5.44. The third-order valence-corrected chi connectivity index (χ3v) is 3.73. The molecule has 19 heavy (non-hydrogen) atoms. The van der Waals surface area contributed by atoms with Crippen molar-refractivity contribution in [2.75, 3.05) is 25.0 Å².